The summed E-state index contributed by atoms with van der Waals surface area (Å²) in [7, 11) is 1.69. The lowest BCUT2D eigenvalue weighted by molar-refractivity contribution is 0.0943. The lowest BCUT2D eigenvalue weighted by Gasteiger charge is -2.12. The van der Waals surface area contributed by atoms with Crippen LogP contribution in [0.1, 0.15) is 17.3 Å². The Morgan fingerprint density at radius 1 is 1.24 bits per heavy atom. The van der Waals surface area contributed by atoms with E-state index in [0.717, 1.165) is 0 Å². The normalized spacial score (nSPS) is 11.9. The number of halogens is 1. The number of aromatic nitrogens is 4. The number of amides is 1. The SMILES string of the molecule is CNc1cc(Nc2cccn(-c3ccccc3F)c2=O)nc2c(C(=O)NC[C@H](C)CO)cnn12. The van der Waals surface area contributed by atoms with Crippen LogP contribution in [0.4, 0.5) is 21.7 Å². The largest absolute Gasteiger partial charge is 0.396 e. The van der Waals surface area contributed by atoms with Crippen LogP contribution >= 0.6 is 0 Å². The fourth-order valence-electron chi connectivity index (χ4n) is 3.36. The summed E-state index contributed by atoms with van der Waals surface area (Å²) in [4.78, 5) is 30.2. The molecule has 1 atom stereocenters. The fourth-order valence-corrected chi connectivity index (χ4v) is 3.36. The van der Waals surface area contributed by atoms with Gasteiger partial charge in [-0.05, 0) is 30.2 Å². The molecule has 0 aliphatic rings. The molecule has 1 amide bonds. The van der Waals surface area contributed by atoms with E-state index in [4.69, 9.17) is 0 Å². The highest BCUT2D eigenvalue weighted by Gasteiger charge is 2.18. The predicted molar refractivity (Wildman–Crippen MR) is 126 cm³/mol. The van der Waals surface area contributed by atoms with Crippen molar-refractivity contribution in [2.24, 2.45) is 5.92 Å². The van der Waals surface area contributed by atoms with Gasteiger partial charge >= 0.3 is 0 Å². The zero-order valence-electron chi connectivity index (χ0n) is 18.6. The summed E-state index contributed by atoms with van der Waals surface area (Å²) in [5.74, 6) is -0.189. The van der Waals surface area contributed by atoms with Gasteiger partial charge in [-0.25, -0.2) is 9.37 Å². The summed E-state index contributed by atoms with van der Waals surface area (Å²) >= 11 is 0. The van der Waals surface area contributed by atoms with E-state index in [-0.39, 0.29) is 41.0 Å². The molecule has 34 heavy (non-hydrogen) atoms. The third kappa shape index (κ3) is 4.46. The summed E-state index contributed by atoms with van der Waals surface area (Å²) < 4.78 is 16.9. The van der Waals surface area contributed by atoms with Crippen molar-refractivity contribution in [3.8, 4) is 5.69 Å². The van der Waals surface area contributed by atoms with Crippen molar-refractivity contribution in [1.82, 2.24) is 24.5 Å². The Hall–Kier alpha value is -4.25. The number of carbonyl (C=O) groups excluding carboxylic acids is 1. The summed E-state index contributed by atoms with van der Waals surface area (Å²) in [5.41, 5.74) is 0.343. The van der Waals surface area contributed by atoms with Crippen molar-refractivity contribution < 1.29 is 14.3 Å². The number of nitrogens with zero attached hydrogens (tertiary/aromatic N) is 4. The number of pyridine rings is 1. The van der Waals surface area contributed by atoms with E-state index in [9.17, 15) is 19.1 Å². The molecule has 10 nitrogen and oxygen atoms in total. The Labute approximate surface area is 194 Å². The molecule has 0 radical (unpaired) electrons. The van der Waals surface area contributed by atoms with Crippen LogP contribution < -0.4 is 21.5 Å². The maximum absolute atomic E-state index is 14.2. The van der Waals surface area contributed by atoms with Crippen LogP contribution in [0.5, 0.6) is 0 Å². The molecule has 0 aliphatic heterocycles. The molecular formula is C23H24FN7O3. The Kier molecular flexibility index (Phi) is 6.55. The number of hydrogen-bond donors (Lipinski definition) is 4. The Morgan fingerprint density at radius 3 is 2.76 bits per heavy atom. The lowest BCUT2D eigenvalue weighted by Crippen LogP contribution is -2.29. The molecule has 0 spiro atoms. The summed E-state index contributed by atoms with van der Waals surface area (Å²) in [6, 6.07) is 10.8. The van der Waals surface area contributed by atoms with Gasteiger partial charge in [-0.1, -0.05) is 19.1 Å². The average molecular weight is 465 g/mol. The molecule has 0 fully saturated rings. The number of para-hydroxylation sites is 1. The van der Waals surface area contributed by atoms with E-state index in [1.54, 1.807) is 37.4 Å². The minimum Gasteiger partial charge on any atom is -0.396 e. The van der Waals surface area contributed by atoms with Crippen LogP contribution in [-0.4, -0.2) is 50.4 Å². The minimum atomic E-state index is -0.524. The zero-order valence-corrected chi connectivity index (χ0v) is 18.6. The van der Waals surface area contributed by atoms with Crippen LogP contribution in [0.25, 0.3) is 11.3 Å². The second kappa shape index (κ2) is 9.71. The standard InChI is InChI=1S/C23H24FN7O3/c1-14(13-32)11-26-22(33)15-12-27-31-20(25-2)10-19(29-21(15)31)28-17-7-5-9-30(23(17)34)18-8-4-3-6-16(18)24/h3-10,12,14,25,32H,11,13H2,1-2H3,(H,26,33)(H,28,29)/t14-/m0/s1. The first kappa shape index (κ1) is 22.9. The number of aliphatic hydroxyl groups is 1. The van der Waals surface area contributed by atoms with Crippen LogP contribution in [0.15, 0.2) is 59.7 Å². The van der Waals surface area contributed by atoms with Crippen molar-refractivity contribution in [3.05, 3.63) is 76.6 Å². The molecule has 4 rings (SSSR count). The minimum absolute atomic E-state index is 0.0489. The first-order valence-corrected chi connectivity index (χ1v) is 10.6. The zero-order chi connectivity index (χ0) is 24.2. The molecule has 0 saturated carbocycles. The molecule has 3 heterocycles. The summed E-state index contributed by atoms with van der Waals surface area (Å²) in [6.07, 6.45) is 2.88. The van der Waals surface area contributed by atoms with E-state index in [2.05, 4.69) is 26.0 Å². The molecule has 1 aromatic carbocycles. The van der Waals surface area contributed by atoms with Gasteiger partial charge in [0.2, 0.25) is 0 Å². The number of benzene rings is 1. The van der Waals surface area contributed by atoms with Crippen LogP contribution in [0, 0.1) is 11.7 Å². The van der Waals surface area contributed by atoms with Crippen molar-refractivity contribution in [2.75, 3.05) is 30.8 Å². The second-order valence-corrected chi connectivity index (χ2v) is 7.74. The Balaban J connectivity index is 1.71. The van der Waals surface area contributed by atoms with Crippen molar-refractivity contribution in [2.45, 2.75) is 6.92 Å². The number of carbonyl (C=O) groups is 1. The fraction of sp³-hybridized carbons (Fsp3) is 0.217. The Morgan fingerprint density at radius 2 is 2.03 bits per heavy atom. The van der Waals surface area contributed by atoms with Gasteiger partial charge in [-0.2, -0.15) is 9.61 Å². The molecule has 176 valence electrons. The molecule has 4 N–H and O–H groups in total. The maximum Gasteiger partial charge on any atom is 0.278 e. The quantitative estimate of drug-likeness (QED) is 0.314. The molecule has 0 unspecified atom stereocenters. The van der Waals surface area contributed by atoms with Gasteiger partial charge in [0.1, 0.15) is 28.7 Å². The number of fused-ring (bicyclic) bond motifs is 1. The van der Waals surface area contributed by atoms with Gasteiger partial charge in [0.15, 0.2) is 5.65 Å². The molecule has 11 heteroatoms. The summed E-state index contributed by atoms with van der Waals surface area (Å²) in [6.45, 7) is 2.06. The molecular weight excluding hydrogens is 441 g/mol. The lowest BCUT2D eigenvalue weighted by atomic mass is 10.2. The molecule has 3 aromatic heterocycles. The third-order valence-electron chi connectivity index (χ3n) is 5.22. The van der Waals surface area contributed by atoms with Crippen molar-refractivity contribution in [3.63, 3.8) is 0 Å². The molecule has 4 aromatic rings. The van der Waals surface area contributed by atoms with E-state index in [1.807, 2.05) is 6.92 Å². The third-order valence-corrected chi connectivity index (χ3v) is 5.22. The topological polar surface area (TPSA) is 126 Å². The Bertz CT molecular complexity index is 1400. The summed E-state index contributed by atoms with van der Waals surface area (Å²) in [5, 5.41) is 22.1. The number of aliphatic hydroxyl groups excluding tert-OH is 1. The predicted octanol–water partition coefficient (Wildman–Crippen LogP) is 2.16. The number of nitrogens with one attached hydrogen (secondary N) is 3. The highest BCUT2D eigenvalue weighted by molar-refractivity contribution is 6.00. The van der Waals surface area contributed by atoms with E-state index >= 15 is 0 Å². The molecule has 0 aliphatic carbocycles. The molecule has 0 saturated heterocycles. The van der Waals surface area contributed by atoms with Gasteiger partial charge in [-0.3, -0.25) is 14.2 Å². The molecule has 0 bridgehead atoms. The van der Waals surface area contributed by atoms with Gasteiger partial charge in [-0.15, -0.1) is 0 Å². The number of anilines is 3. The van der Waals surface area contributed by atoms with Gasteiger partial charge < -0.3 is 21.1 Å². The van der Waals surface area contributed by atoms with Gasteiger partial charge in [0, 0.05) is 32.5 Å². The van der Waals surface area contributed by atoms with E-state index < -0.39 is 11.4 Å². The van der Waals surface area contributed by atoms with Gasteiger partial charge in [0.05, 0.1) is 11.9 Å². The van der Waals surface area contributed by atoms with Crippen LogP contribution in [-0.2, 0) is 0 Å². The van der Waals surface area contributed by atoms with Gasteiger partial charge in [0.25, 0.3) is 11.5 Å². The number of rotatable bonds is 8. The van der Waals surface area contributed by atoms with E-state index in [1.165, 1.54) is 33.6 Å². The van der Waals surface area contributed by atoms with E-state index in [0.29, 0.717) is 18.2 Å². The number of hydrogen-bond acceptors (Lipinski definition) is 7. The second-order valence-electron chi connectivity index (χ2n) is 7.74. The highest BCUT2D eigenvalue weighted by Crippen LogP contribution is 2.21. The van der Waals surface area contributed by atoms with Crippen LogP contribution in [0.2, 0.25) is 0 Å². The first-order chi connectivity index (χ1) is 16.4. The van der Waals surface area contributed by atoms with Crippen LogP contribution in [0.3, 0.4) is 0 Å². The average Bonchev–Trinajstić information content (AvgIpc) is 3.27. The smallest absolute Gasteiger partial charge is 0.278 e. The van der Waals surface area contributed by atoms with Crippen molar-refractivity contribution in [1.29, 1.82) is 0 Å². The maximum atomic E-state index is 14.2. The first-order valence-electron chi connectivity index (χ1n) is 10.6. The highest BCUT2D eigenvalue weighted by atomic mass is 19.1. The monoisotopic (exact) mass is 465 g/mol. The van der Waals surface area contributed by atoms with Crippen molar-refractivity contribution >= 4 is 28.9 Å².